The lowest BCUT2D eigenvalue weighted by molar-refractivity contribution is 0.180. The van der Waals surface area contributed by atoms with Gasteiger partial charge in [0.05, 0.1) is 21.8 Å². The summed E-state index contributed by atoms with van der Waals surface area (Å²) in [5.74, 6) is 14.6. The van der Waals surface area contributed by atoms with E-state index in [1.807, 2.05) is 66.7 Å². The minimum absolute atomic E-state index is 0.00112. The first-order valence-corrected chi connectivity index (χ1v) is 16.1. The third-order valence-corrected chi connectivity index (χ3v) is 8.80. The largest absolute Gasteiger partial charge is 0.315 e. The first kappa shape index (κ1) is 31.6. The molecule has 2 saturated heterocycles. The van der Waals surface area contributed by atoms with Crippen molar-refractivity contribution in [3.8, 4) is 23.7 Å². The molecule has 0 atom stereocenters. The number of hydrogen-bond acceptors (Lipinski definition) is 8. The van der Waals surface area contributed by atoms with Crippen molar-refractivity contribution in [2.24, 2.45) is 14.1 Å². The zero-order valence-corrected chi connectivity index (χ0v) is 27.5. The van der Waals surface area contributed by atoms with Crippen LogP contribution < -0.4 is 16.4 Å². The summed E-state index contributed by atoms with van der Waals surface area (Å²) < 4.78 is 3.34. The van der Waals surface area contributed by atoms with Crippen molar-refractivity contribution in [1.82, 2.24) is 39.3 Å². The second kappa shape index (κ2) is 13.7. The van der Waals surface area contributed by atoms with Crippen LogP contribution in [-0.4, -0.2) is 67.2 Å². The topological polar surface area (TPSA) is 111 Å². The Balaban J connectivity index is 0.000000154. The summed E-state index contributed by atoms with van der Waals surface area (Å²) >= 11 is 0. The summed E-state index contributed by atoms with van der Waals surface area (Å²) in [5, 5.41) is 4.47. The lowest BCUT2D eigenvalue weighted by Crippen LogP contribution is -2.44. The Morgan fingerprint density at radius 1 is 0.633 bits per heavy atom. The molecule has 6 heterocycles. The Hall–Kier alpha value is -5.94. The summed E-state index contributed by atoms with van der Waals surface area (Å²) in [6.07, 6.45) is 3.44. The number of hydrogen-bond donors (Lipinski definition) is 1. The molecule has 6 aromatic rings. The van der Waals surface area contributed by atoms with Gasteiger partial charge in [-0.2, -0.15) is 0 Å². The molecule has 0 radical (unpaired) electrons. The van der Waals surface area contributed by atoms with E-state index in [4.69, 9.17) is 9.97 Å². The number of likely N-dealkylation sites (N-methyl/N-ethyl adjacent to an activating group) is 1. The van der Waals surface area contributed by atoms with Crippen molar-refractivity contribution in [2.45, 2.75) is 11.8 Å². The molecule has 0 unspecified atom stereocenters. The third kappa shape index (κ3) is 6.74. The van der Waals surface area contributed by atoms with Gasteiger partial charge in [0.25, 0.3) is 11.1 Å². The van der Waals surface area contributed by atoms with Crippen molar-refractivity contribution in [3.63, 3.8) is 0 Å². The number of fused-ring (bicyclic) bond motifs is 2. The van der Waals surface area contributed by atoms with Gasteiger partial charge in [0.1, 0.15) is 23.0 Å². The smallest absolute Gasteiger partial charge is 0.261 e. The van der Waals surface area contributed by atoms with Crippen molar-refractivity contribution in [2.75, 3.05) is 33.2 Å². The van der Waals surface area contributed by atoms with Gasteiger partial charge in [-0.1, -0.05) is 24.0 Å². The molecule has 2 fully saturated rings. The predicted octanol–water partition coefficient (Wildman–Crippen LogP) is 3.17. The van der Waals surface area contributed by atoms with Gasteiger partial charge in [-0.05, 0) is 79.6 Å². The standard InChI is InChI=1S/C20H18N4O.C19H16N4O/c1-23-12-15(13-23)19-22-18-11-14(6-8-16-5-3-4-10-21-16)7-9-17(18)20(25)24(19)2;1-23-18(14-11-20-12-14)22-17-10-13(6-8-16(17)19(23)24)5-7-15-4-2-3-9-21-15/h3-5,7,9-11,15H,12-13H2,1-2H3;2-4,6,8-10,14,20H,11-12H2,1H3. The highest BCUT2D eigenvalue weighted by atomic mass is 16.1. The fourth-order valence-electron chi connectivity index (χ4n) is 5.94. The van der Waals surface area contributed by atoms with Gasteiger partial charge in [0.2, 0.25) is 0 Å². The Labute approximate surface area is 283 Å². The maximum absolute atomic E-state index is 12.6. The fourth-order valence-corrected chi connectivity index (χ4v) is 5.94. The van der Waals surface area contributed by atoms with Crippen molar-refractivity contribution < 1.29 is 0 Å². The SMILES string of the molecule is CN1CC(c2nc3cc(C#Cc4ccccn4)ccc3c(=O)n2C)C1.Cn1c(C2CNC2)nc2cc(C#Cc3ccccn3)ccc2c1=O. The number of nitrogens with one attached hydrogen (secondary N) is 1. The molecule has 2 aliphatic heterocycles. The lowest BCUT2D eigenvalue weighted by atomic mass is 9.99. The van der Waals surface area contributed by atoms with Crippen LogP contribution in [0.1, 0.15) is 46.0 Å². The van der Waals surface area contributed by atoms with E-state index in [9.17, 15) is 9.59 Å². The number of nitrogens with zero attached hydrogens (tertiary/aromatic N) is 7. The van der Waals surface area contributed by atoms with Crippen LogP contribution in [0.2, 0.25) is 0 Å². The van der Waals surface area contributed by atoms with Gasteiger partial charge in [-0.3, -0.25) is 18.7 Å². The number of likely N-dealkylation sites (tertiary alicyclic amines) is 1. The van der Waals surface area contributed by atoms with Gasteiger partial charge in [-0.25, -0.2) is 19.9 Å². The first-order chi connectivity index (χ1) is 23.8. The van der Waals surface area contributed by atoms with E-state index in [0.29, 0.717) is 33.6 Å². The molecular weight excluding hydrogens is 612 g/mol. The van der Waals surface area contributed by atoms with Gasteiger partial charge in [-0.15, -0.1) is 0 Å². The van der Waals surface area contributed by atoms with Crippen LogP contribution >= 0.6 is 0 Å². The Kier molecular flexibility index (Phi) is 8.82. The molecule has 0 saturated carbocycles. The van der Waals surface area contributed by atoms with Gasteiger partial charge in [0.15, 0.2) is 0 Å². The summed E-state index contributed by atoms with van der Waals surface area (Å²) in [7, 11) is 5.66. The van der Waals surface area contributed by atoms with E-state index in [2.05, 4.69) is 50.9 Å². The highest BCUT2D eigenvalue weighted by Crippen LogP contribution is 2.24. The molecule has 10 heteroatoms. The summed E-state index contributed by atoms with van der Waals surface area (Å²) in [6.45, 7) is 3.60. The van der Waals surface area contributed by atoms with E-state index in [1.54, 1.807) is 41.7 Å². The lowest BCUT2D eigenvalue weighted by Gasteiger charge is -2.36. The Morgan fingerprint density at radius 2 is 1.12 bits per heavy atom. The molecule has 0 bridgehead atoms. The molecule has 10 nitrogen and oxygen atoms in total. The monoisotopic (exact) mass is 646 g/mol. The molecule has 1 N–H and O–H groups in total. The third-order valence-electron chi connectivity index (χ3n) is 8.80. The first-order valence-electron chi connectivity index (χ1n) is 16.1. The second-order valence-corrected chi connectivity index (χ2v) is 12.3. The zero-order chi connectivity index (χ0) is 33.9. The number of benzene rings is 2. The summed E-state index contributed by atoms with van der Waals surface area (Å²) in [4.78, 5) is 45.2. The summed E-state index contributed by atoms with van der Waals surface area (Å²) in [6, 6.07) is 22.4. The van der Waals surface area contributed by atoms with E-state index in [0.717, 1.165) is 60.3 Å². The van der Waals surface area contributed by atoms with Crippen molar-refractivity contribution in [3.05, 3.63) is 140 Å². The van der Waals surface area contributed by atoms with Crippen LogP contribution in [0.3, 0.4) is 0 Å². The Bertz CT molecular complexity index is 2420. The molecular formula is C39H34N8O2. The second-order valence-electron chi connectivity index (χ2n) is 12.3. The Morgan fingerprint density at radius 3 is 1.53 bits per heavy atom. The van der Waals surface area contributed by atoms with Crippen molar-refractivity contribution >= 4 is 21.8 Å². The molecule has 0 spiro atoms. The maximum atomic E-state index is 12.6. The predicted molar refractivity (Wildman–Crippen MR) is 190 cm³/mol. The van der Waals surface area contributed by atoms with E-state index < -0.39 is 0 Å². The molecule has 242 valence electrons. The average Bonchev–Trinajstić information content (AvgIpc) is 3.09. The van der Waals surface area contributed by atoms with Crippen molar-refractivity contribution in [1.29, 1.82) is 0 Å². The molecule has 8 rings (SSSR count). The van der Waals surface area contributed by atoms with Crippen LogP contribution in [0.4, 0.5) is 0 Å². The number of rotatable bonds is 2. The van der Waals surface area contributed by atoms with Crippen LogP contribution in [0, 0.1) is 23.7 Å². The maximum Gasteiger partial charge on any atom is 0.261 e. The van der Waals surface area contributed by atoms with Crippen LogP contribution in [0.25, 0.3) is 21.8 Å². The highest BCUT2D eigenvalue weighted by Gasteiger charge is 2.29. The minimum Gasteiger partial charge on any atom is -0.315 e. The highest BCUT2D eigenvalue weighted by molar-refractivity contribution is 5.80. The molecule has 4 aromatic heterocycles. The van der Waals surface area contributed by atoms with Gasteiger partial charge >= 0.3 is 0 Å². The van der Waals surface area contributed by atoms with Crippen LogP contribution in [0.5, 0.6) is 0 Å². The molecule has 0 amide bonds. The van der Waals surface area contributed by atoms with E-state index in [1.165, 1.54) is 0 Å². The minimum atomic E-state index is -0.00821. The van der Waals surface area contributed by atoms with Gasteiger partial charge in [0, 0.05) is 75.6 Å². The van der Waals surface area contributed by atoms with E-state index in [-0.39, 0.29) is 11.1 Å². The molecule has 49 heavy (non-hydrogen) atoms. The van der Waals surface area contributed by atoms with Gasteiger partial charge < -0.3 is 10.2 Å². The zero-order valence-electron chi connectivity index (χ0n) is 27.5. The van der Waals surface area contributed by atoms with Crippen LogP contribution in [-0.2, 0) is 14.1 Å². The normalized spacial score (nSPS) is 14.4. The number of pyridine rings is 2. The summed E-state index contributed by atoms with van der Waals surface area (Å²) in [5.41, 5.74) is 4.49. The molecule has 2 aliphatic rings. The number of aromatic nitrogens is 6. The average molecular weight is 647 g/mol. The van der Waals surface area contributed by atoms with Crippen LogP contribution in [0.15, 0.2) is 94.8 Å². The molecule has 0 aliphatic carbocycles. The molecule has 2 aromatic carbocycles. The fraction of sp³-hybridized carbons (Fsp3) is 0.231. The van der Waals surface area contributed by atoms with E-state index >= 15 is 0 Å². The quantitative estimate of drug-likeness (QED) is 0.286.